The van der Waals surface area contributed by atoms with Gasteiger partial charge in [0.2, 0.25) is 0 Å². The number of aromatic nitrogens is 1. The molecule has 1 aromatic carbocycles. The molecular formula is C18H18N2O4S. The number of aliphatic carboxylic acids is 1. The number of piperidine rings is 1. The predicted molar refractivity (Wildman–Crippen MR) is 91.5 cm³/mol. The highest BCUT2D eigenvalue weighted by molar-refractivity contribution is 7.07. The van der Waals surface area contributed by atoms with Crippen LogP contribution in [0.1, 0.15) is 22.5 Å². The number of thiazole rings is 1. The van der Waals surface area contributed by atoms with E-state index < -0.39 is 5.97 Å². The second-order valence-corrected chi connectivity index (χ2v) is 7.21. The van der Waals surface area contributed by atoms with Crippen molar-refractivity contribution in [2.45, 2.75) is 13.0 Å². The zero-order chi connectivity index (χ0) is 17.4. The van der Waals surface area contributed by atoms with E-state index in [0.717, 1.165) is 12.1 Å². The lowest BCUT2D eigenvalue weighted by Gasteiger charge is -2.27. The van der Waals surface area contributed by atoms with Crippen molar-refractivity contribution in [3.05, 3.63) is 46.4 Å². The van der Waals surface area contributed by atoms with Gasteiger partial charge >= 0.3 is 5.97 Å². The Morgan fingerprint density at radius 3 is 2.92 bits per heavy atom. The summed E-state index contributed by atoms with van der Waals surface area (Å²) in [6, 6.07) is 7.18. The number of benzene rings is 1. The molecule has 1 saturated carbocycles. The molecule has 1 aliphatic carbocycles. The summed E-state index contributed by atoms with van der Waals surface area (Å²) >= 11 is 1.50. The summed E-state index contributed by atoms with van der Waals surface area (Å²) < 4.78 is 5.79. The van der Waals surface area contributed by atoms with Crippen LogP contribution >= 0.6 is 11.3 Å². The van der Waals surface area contributed by atoms with Gasteiger partial charge in [-0.3, -0.25) is 9.59 Å². The highest BCUT2D eigenvalue weighted by Crippen LogP contribution is 2.51. The molecule has 1 aromatic heterocycles. The maximum absolute atomic E-state index is 12.9. The molecule has 3 atom stereocenters. The van der Waals surface area contributed by atoms with Gasteiger partial charge in [-0.2, -0.15) is 0 Å². The van der Waals surface area contributed by atoms with Gasteiger partial charge in [0.1, 0.15) is 12.4 Å². The van der Waals surface area contributed by atoms with Crippen LogP contribution in [0.5, 0.6) is 5.75 Å². The summed E-state index contributed by atoms with van der Waals surface area (Å²) in [5.74, 6) is -0.252. The average Bonchev–Trinajstić information content (AvgIpc) is 3.12. The molecule has 0 bridgehead atoms. The Balaban J connectivity index is 1.46. The Morgan fingerprint density at radius 2 is 2.16 bits per heavy atom. The number of likely N-dealkylation sites (tertiary alicyclic amines) is 1. The molecule has 6 nitrogen and oxygen atoms in total. The summed E-state index contributed by atoms with van der Waals surface area (Å²) in [5.41, 5.74) is 3.09. The third kappa shape index (κ3) is 3.11. The van der Waals surface area contributed by atoms with E-state index >= 15 is 0 Å². The van der Waals surface area contributed by atoms with Crippen molar-refractivity contribution in [2.24, 2.45) is 17.8 Å². The molecule has 25 heavy (non-hydrogen) atoms. The fraction of sp³-hybridized carbons (Fsp3) is 0.389. The first-order valence-corrected chi connectivity index (χ1v) is 9.20. The van der Waals surface area contributed by atoms with E-state index in [2.05, 4.69) is 4.98 Å². The van der Waals surface area contributed by atoms with Crippen molar-refractivity contribution in [1.29, 1.82) is 0 Å². The number of fused-ring (bicyclic) bond motifs is 1. The Labute approximate surface area is 149 Å². The van der Waals surface area contributed by atoms with Crippen LogP contribution in [-0.2, 0) is 11.4 Å². The molecule has 2 heterocycles. The van der Waals surface area contributed by atoms with Crippen LogP contribution in [0, 0.1) is 17.8 Å². The normalized spacial score (nSPS) is 24.5. The summed E-state index contributed by atoms with van der Waals surface area (Å²) in [6.45, 7) is 1.44. The number of carboxylic acids is 1. The maximum Gasteiger partial charge on any atom is 0.307 e. The summed E-state index contributed by atoms with van der Waals surface area (Å²) in [6.07, 6.45) is 0.759. The smallest absolute Gasteiger partial charge is 0.307 e. The molecule has 2 aromatic rings. The van der Waals surface area contributed by atoms with Crippen LogP contribution in [0.25, 0.3) is 0 Å². The average molecular weight is 358 g/mol. The Kier molecular flexibility index (Phi) is 4.17. The van der Waals surface area contributed by atoms with E-state index in [4.69, 9.17) is 4.74 Å². The van der Waals surface area contributed by atoms with Crippen LogP contribution in [0.3, 0.4) is 0 Å². The van der Waals surface area contributed by atoms with Gasteiger partial charge in [0.25, 0.3) is 5.91 Å². The molecule has 2 aliphatic rings. The first-order valence-electron chi connectivity index (χ1n) is 8.26. The first-order chi connectivity index (χ1) is 12.1. The number of amides is 1. The summed E-state index contributed by atoms with van der Waals surface area (Å²) in [5, 5.41) is 11.1. The number of ether oxygens (including phenoxy) is 1. The largest absolute Gasteiger partial charge is 0.486 e. The fourth-order valence-corrected chi connectivity index (χ4v) is 4.23. The highest BCUT2D eigenvalue weighted by atomic mass is 32.1. The Bertz CT molecular complexity index is 792. The van der Waals surface area contributed by atoms with Crippen molar-refractivity contribution in [3.8, 4) is 5.75 Å². The minimum Gasteiger partial charge on any atom is -0.486 e. The number of carbonyl (C=O) groups excluding carboxylic acids is 1. The number of hydrogen-bond donors (Lipinski definition) is 1. The van der Waals surface area contributed by atoms with Crippen LogP contribution in [0.4, 0.5) is 0 Å². The van der Waals surface area contributed by atoms with E-state index in [9.17, 15) is 14.7 Å². The zero-order valence-electron chi connectivity index (χ0n) is 13.5. The molecular weight excluding hydrogens is 340 g/mol. The third-order valence-electron chi connectivity index (χ3n) is 5.04. The van der Waals surface area contributed by atoms with Crippen molar-refractivity contribution >= 4 is 23.2 Å². The van der Waals surface area contributed by atoms with Crippen LogP contribution in [0.2, 0.25) is 0 Å². The van der Waals surface area contributed by atoms with Gasteiger partial charge in [0, 0.05) is 18.5 Å². The lowest BCUT2D eigenvalue weighted by atomic mass is 10.1. The summed E-state index contributed by atoms with van der Waals surface area (Å²) in [4.78, 5) is 30.0. The van der Waals surface area contributed by atoms with Gasteiger partial charge in [0.15, 0.2) is 0 Å². The monoisotopic (exact) mass is 358 g/mol. The van der Waals surface area contributed by atoms with Crippen LogP contribution < -0.4 is 4.74 Å². The van der Waals surface area contributed by atoms with Crippen molar-refractivity contribution in [2.75, 3.05) is 13.1 Å². The van der Waals surface area contributed by atoms with E-state index in [1.807, 2.05) is 17.5 Å². The van der Waals surface area contributed by atoms with E-state index in [1.165, 1.54) is 11.3 Å². The number of nitrogens with zero attached hydrogens (tertiary/aromatic N) is 2. The fourth-order valence-electron chi connectivity index (χ4n) is 3.69. The molecule has 2 fully saturated rings. The number of carboxylic acid groups (broad SMARTS) is 1. The molecule has 1 amide bonds. The molecule has 130 valence electrons. The van der Waals surface area contributed by atoms with Gasteiger partial charge in [-0.1, -0.05) is 12.1 Å². The van der Waals surface area contributed by atoms with Crippen molar-refractivity contribution < 1.29 is 19.4 Å². The standard InChI is InChI=1S/C18H18N2O4S/c21-17(20-6-5-12-14(7-20)16(12)18(22)23)13-3-1-2-4-15(13)24-8-11-9-25-10-19-11/h1-4,9-10,12,14,16H,5-8H2,(H,22,23)/t12-,14+,16-/m1/s1. The number of carbonyl (C=O) groups is 2. The van der Waals surface area contributed by atoms with Gasteiger partial charge in [-0.15, -0.1) is 11.3 Å². The maximum atomic E-state index is 12.9. The van der Waals surface area contributed by atoms with E-state index in [1.54, 1.807) is 22.5 Å². The molecule has 4 rings (SSSR count). The number of para-hydroxylation sites is 1. The minimum atomic E-state index is -0.740. The number of rotatable bonds is 5. The predicted octanol–water partition coefficient (Wildman–Crippen LogP) is 2.51. The molecule has 7 heteroatoms. The molecule has 0 spiro atoms. The zero-order valence-corrected chi connectivity index (χ0v) is 14.3. The van der Waals surface area contributed by atoms with E-state index in [-0.39, 0.29) is 23.7 Å². The van der Waals surface area contributed by atoms with Gasteiger partial charge < -0.3 is 14.7 Å². The second kappa shape index (κ2) is 6.48. The Morgan fingerprint density at radius 1 is 1.32 bits per heavy atom. The first kappa shape index (κ1) is 16.1. The number of hydrogen-bond acceptors (Lipinski definition) is 5. The van der Waals surface area contributed by atoms with Crippen LogP contribution in [-0.4, -0.2) is 40.0 Å². The van der Waals surface area contributed by atoms with Crippen molar-refractivity contribution in [3.63, 3.8) is 0 Å². The molecule has 0 radical (unpaired) electrons. The third-order valence-corrected chi connectivity index (χ3v) is 5.68. The molecule has 0 unspecified atom stereocenters. The molecule has 1 saturated heterocycles. The van der Waals surface area contributed by atoms with Crippen molar-refractivity contribution in [1.82, 2.24) is 9.88 Å². The summed E-state index contributed by atoms with van der Waals surface area (Å²) in [7, 11) is 0. The Hall–Kier alpha value is -2.41. The van der Waals surface area contributed by atoms with Gasteiger partial charge in [-0.25, -0.2) is 4.98 Å². The van der Waals surface area contributed by atoms with Crippen LogP contribution in [0.15, 0.2) is 35.2 Å². The van der Waals surface area contributed by atoms with E-state index in [0.29, 0.717) is 31.0 Å². The minimum absolute atomic E-state index is 0.0941. The SMILES string of the molecule is O=C(O)[C@@H]1[C@@H]2CCN(C(=O)c3ccccc3OCc3cscn3)C[C@@H]21. The highest BCUT2D eigenvalue weighted by Gasteiger charge is 2.57. The quantitative estimate of drug-likeness (QED) is 0.888. The van der Waals surface area contributed by atoms with Gasteiger partial charge in [-0.05, 0) is 30.4 Å². The molecule has 1 aliphatic heterocycles. The topological polar surface area (TPSA) is 79.7 Å². The lowest BCUT2D eigenvalue weighted by Crippen LogP contribution is -2.37. The lowest BCUT2D eigenvalue weighted by molar-refractivity contribution is -0.139. The second-order valence-electron chi connectivity index (χ2n) is 6.50. The molecule has 1 N–H and O–H groups in total. The van der Waals surface area contributed by atoms with Gasteiger partial charge in [0.05, 0.1) is 22.7 Å².